The predicted molar refractivity (Wildman–Crippen MR) is 98.6 cm³/mol. The quantitative estimate of drug-likeness (QED) is 0.410. The molecule has 0 spiro atoms. The van der Waals surface area contributed by atoms with E-state index in [9.17, 15) is 0 Å². The third-order valence-corrected chi connectivity index (χ3v) is 5.76. The molecule has 0 aromatic carbocycles. The van der Waals surface area contributed by atoms with Crippen LogP contribution in [0.15, 0.2) is 4.99 Å². The minimum absolute atomic E-state index is 0.398. The van der Waals surface area contributed by atoms with Crippen LogP contribution in [-0.4, -0.2) is 86.9 Å². The molecule has 3 heterocycles. The molecule has 0 aromatic rings. The van der Waals surface area contributed by atoms with Crippen molar-refractivity contribution >= 4 is 5.96 Å². The highest BCUT2D eigenvalue weighted by molar-refractivity contribution is 5.80. The number of ether oxygens (including phenoxy) is 1. The summed E-state index contributed by atoms with van der Waals surface area (Å²) in [5.41, 5.74) is 0. The first-order chi connectivity index (χ1) is 11.8. The minimum Gasteiger partial charge on any atom is -0.373 e. The lowest BCUT2D eigenvalue weighted by Crippen LogP contribution is -2.48. The maximum absolute atomic E-state index is 5.90. The Labute approximate surface area is 147 Å². The SMILES string of the molecule is CCN1CCN(CCCCNC(=NC)NC2CC3CCC2O3)CC1. The van der Waals surface area contributed by atoms with Crippen molar-refractivity contribution in [1.29, 1.82) is 0 Å². The number of unbranched alkanes of at least 4 members (excludes halogenated alkanes) is 1. The first kappa shape index (κ1) is 18.0. The van der Waals surface area contributed by atoms with Crippen molar-refractivity contribution in [1.82, 2.24) is 20.4 Å². The lowest BCUT2D eigenvalue weighted by Gasteiger charge is -2.34. The minimum atomic E-state index is 0.398. The van der Waals surface area contributed by atoms with Gasteiger partial charge in [0.2, 0.25) is 0 Å². The van der Waals surface area contributed by atoms with Crippen LogP contribution in [0.3, 0.4) is 0 Å². The Bertz CT molecular complexity index is 408. The Morgan fingerprint density at radius 1 is 1.12 bits per heavy atom. The lowest BCUT2D eigenvalue weighted by molar-refractivity contribution is 0.0992. The van der Waals surface area contributed by atoms with E-state index in [2.05, 4.69) is 32.3 Å². The van der Waals surface area contributed by atoms with Crippen LogP contribution >= 0.6 is 0 Å². The molecule has 0 amide bonds. The number of piperazine rings is 1. The Balaban J connectivity index is 1.24. The van der Waals surface area contributed by atoms with Gasteiger partial charge in [0.1, 0.15) is 0 Å². The van der Waals surface area contributed by atoms with Crippen molar-refractivity contribution in [3.05, 3.63) is 0 Å². The van der Waals surface area contributed by atoms with E-state index in [0.29, 0.717) is 18.2 Å². The maximum Gasteiger partial charge on any atom is 0.191 e. The summed E-state index contributed by atoms with van der Waals surface area (Å²) < 4.78 is 5.90. The Kier molecular flexibility index (Phi) is 6.75. The third-order valence-electron chi connectivity index (χ3n) is 5.76. The first-order valence-electron chi connectivity index (χ1n) is 9.86. The standard InChI is InChI=1S/C18H35N5O/c1-3-22-10-12-23(13-11-22)9-5-4-8-20-18(19-2)21-16-14-15-6-7-17(16)24-15/h15-17H,3-14H2,1-2H3,(H2,19,20,21). The largest absolute Gasteiger partial charge is 0.373 e. The molecule has 3 fully saturated rings. The average Bonchev–Trinajstić information content (AvgIpc) is 3.24. The second-order valence-electron chi connectivity index (χ2n) is 7.34. The van der Waals surface area contributed by atoms with Crippen LogP contribution in [0.25, 0.3) is 0 Å². The van der Waals surface area contributed by atoms with Crippen molar-refractivity contribution in [2.75, 3.05) is 52.9 Å². The molecule has 138 valence electrons. The van der Waals surface area contributed by atoms with Crippen molar-refractivity contribution in [2.45, 2.75) is 57.3 Å². The number of hydrogen-bond donors (Lipinski definition) is 2. The fourth-order valence-corrected chi connectivity index (χ4v) is 4.16. The number of likely N-dealkylation sites (N-methyl/N-ethyl adjacent to an activating group) is 1. The van der Waals surface area contributed by atoms with E-state index in [1.54, 1.807) is 0 Å². The van der Waals surface area contributed by atoms with Crippen molar-refractivity contribution in [2.24, 2.45) is 4.99 Å². The zero-order valence-corrected chi connectivity index (χ0v) is 15.5. The van der Waals surface area contributed by atoms with Gasteiger partial charge in [-0.05, 0) is 45.2 Å². The van der Waals surface area contributed by atoms with Crippen molar-refractivity contribution in [3.63, 3.8) is 0 Å². The fourth-order valence-electron chi connectivity index (χ4n) is 4.16. The summed E-state index contributed by atoms with van der Waals surface area (Å²) >= 11 is 0. The van der Waals surface area contributed by atoms with Gasteiger partial charge in [0.05, 0.1) is 18.2 Å². The summed E-state index contributed by atoms with van der Waals surface area (Å²) in [7, 11) is 1.86. The highest BCUT2D eigenvalue weighted by Crippen LogP contribution is 2.34. The molecular weight excluding hydrogens is 302 g/mol. The number of guanidine groups is 1. The summed E-state index contributed by atoms with van der Waals surface area (Å²) in [4.78, 5) is 9.50. The highest BCUT2D eigenvalue weighted by atomic mass is 16.5. The molecule has 0 radical (unpaired) electrons. The molecule has 2 N–H and O–H groups in total. The van der Waals surface area contributed by atoms with Crippen molar-refractivity contribution in [3.8, 4) is 0 Å². The van der Waals surface area contributed by atoms with E-state index in [4.69, 9.17) is 4.74 Å². The zero-order valence-electron chi connectivity index (χ0n) is 15.5. The van der Waals surface area contributed by atoms with Gasteiger partial charge in [-0.3, -0.25) is 4.99 Å². The summed E-state index contributed by atoms with van der Waals surface area (Å²) in [6.07, 6.45) is 6.91. The normalized spacial score (nSPS) is 31.6. The van der Waals surface area contributed by atoms with Gasteiger partial charge in [-0.25, -0.2) is 0 Å². The van der Waals surface area contributed by atoms with Gasteiger partial charge < -0.3 is 25.2 Å². The molecule has 6 nitrogen and oxygen atoms in total. The maximum atomic E-state index is 5.90. The van der Waals surface area contributed by atoms with Crippen LogP contribution in [0.2, 0.25) is 0 Å². The fraction of sp³-hybridized carbons (Fsp3) is 0.944. The molecule has 3 atom stereocenters. The molecule has 0 aliphatic carbocycles. The molecule has 0 saturated carbocycles. The number of aliphatic imine (C=N–C) groups is 1. The second-order valence-corrected chi connectivity index (χ2v) is 7.34. The Morgan fingerprint density at radius 2 is 1.92 bits per heavy atom. The van der Waals surface area contributed by atoms with E-state index in [1.807, 2.05) is 7.05 Å². The predicted octanol–water partition coefficient (Wildman–Crippen LogP) is 0.889. The van der Waals surface area contributed by atoms with Gasteiger partial charge in [-0.1, -0.05) is 6.92 Å². The van der Waals surface area contributed by atoms with Crippen LogP contribution in [-0.2, 0) is 4.74 Å². The van der Waals surface area contributed by atoms with E-state index in [-0.39, 0.29) is 0 Å². The summed E-state index contributed by atoms with van der Waals surface area (Å²) in [5, 5.41) is 7.01. The van der Waals surface area contributed by atoms with Gasteiger partial charge in [0.15, 0.2) is 5.96 Å². The van der Waals surface area contributed by atoms with E-state index < -0.39 is 0 Å². The molecule has 3 aliphatic heterocycles. The van der Waals surface area contributed by atoms with Crippen LogP contribution in [0.1, 0.15) is 39.0 Å². The zero-order chi connectivity index (χ0) is 16.8. The second kappa shape index (κ2) is 9.02. The van der Waals surface area contributed by atoms with Gasteiger partial charge >= 0.3 is 0 Å². The number of nitrogens with zero attached hydrogens (tertiary/aromatic N) is 3. The molecule has 3 unspecified atom stereocenters. The van der Waals surface area contributed by atoms with Crippen LogP contribution in [0.4, 0.5) is 0 Å². The number of fused-ring (bicyclic) bond motifs is 2. The van der Waals surface area contributed by atoms with Gasteiger partial charge in [0.25, 0.3) is 0 Å². The number of hydrogen-bond acceptors (Lipinski definition) is 4. The molecule has 2 bridgehead atoms. The topological polar surface area (TPSA) is 52.1 Å². The van der Waals surface area contributed by atoms with Gasteiger partial charge in [-0.15, -0.1) is 0 Å². The molecule has 3 rings (SSSR count). The number of rotatable bonds is 7. The molecule has 0 aromatic heterocycles. The molecule has 24 heavy (non-hydrogen) atoms. The molecule has 3 saturated heterocycles. The van der Waals surface area contributed by atoms with E-state index in [0.717, 1.165) is 18.9 Å². The average molecular weight is 338 g/mol. The lowest BCUT2D eigenvalue weighted by atomic mass is 9.96. The smallest absolute Gasteiger partial charge is 0.191 e. The van der Waals surface area contributed by atoms with E-state index >= 15 is 0 Å². The Morgan fingerprint density at radius 3 is 2.54 bits per heavy atom. The van der Waals surface area contributed by atoms with E-state index in [1.165, 1.54) is 65.0 Å². The first-order valence-corrected chi connectivity index (χ1v) is 9.86. The number of nitrogens with one attached hydrogen (secondary N) is 2. The molecular formula is C18H35N5O. The third kappa shape index (κ3) is 4.83. The van der Waals surface area contributed by atoms with Gasteiger partial charge in [-0.2, -0.15) is 0 Å². The summed E-state index contributed by atoms with van der Waals surface area (Å²) in [6.45, 7) is 10.6. The molecule has 6 heteroatoms. The van der Waals surface area contributed by atoms with Gasteiger partial charge in [0, 0.05) is 39.8 Å². The molecule has 3 aliphatic rings. The Hall–Kier alpha value is -0.850. The summed E-state index contributed by atoms with van der Waals surface area (Å²) in [6, 6.07) is 0.449. The van der Waals surface area contributed by atoms with Crippen LogP contribution in [0, 0.1) is 0 Å². The summed E-state index contributed by atoms with van der Waals surface area (Å²) in [5.74, 6) is 0.938. The van der Waals surface area contributed by atoms with Crippen LogP contribution < -0.4 is 10.6 Å². The highest BCUT2D eigenvalue weighted by Gasteiger charge is 2.41. The van der Waals surface area contributed by atoms with Crippen LogP contribution in [0.5, 0.6) is 0 Å². The van der Waals surface area contributed by atoms with Crippen molar-refractivity contribution < 1.29 is 4.74 Å². The monoisotopic (exact) mass is 337 g/mol.